The van der Waals surface area contributed by atoms with Crippen molar-refractivity contribution in [3.63, 3.8) is 0 Å². The fourth-order valence-electron chi connectivity index (χ4n) is 4.46. The molecule has 0 saturated carbocycles. The predicted molar refractivity (Wildman–Crippen MR) is 158 cm³/mol. The number of rotatable bonds is 7. The summed E-state index contributed by atoms with van der Waals surface area (Å²) in [5.41, 5.74) is 2.61. The summed E-state index contributed by atoms with van der Waals surface area (Å²) in [7, 11) is 0. The summed E-state index contributed by atoms with van der Waals surface area (Å²) in [4.78, 5) is 27.9. The molecule has 0 saturated heterocycles. The van der Waals surface area contributed by atoms with Crippen LogP contribution >= 0.6 is 0 Å². The van der Waals surface area contributed by atoms with Gasteiger partial charge in [0.2, 0.25) is 5.91 Å². The molecule has 1 heterocycles. The number of benzene rings is 3. The van der Waals surface area contributed by atoms with Crippen molar-refractivity contribution in [1.29, 1.82) is 0 Å². The van der Waals surface area contributed by atoms with Gasteiger partial charge in [-0.05, 0) is 43.2 Å². The third kappa shape index (κ3) is 7.37. The molecular weight excluding hydrogens is 543 g/mol. The van der Waals surface area contributed by atoms with E-state index in [1.54, 1.807) is 41.1 Å². The Bertz CT molecular complexity index is 1570. The lowest BCUT2D eigenvalue weighted by Crippen LogP contribution is -2.40. The largest absolute Gasteiger partial charge is 0.418 e. The highest BCUT2D eigenvalue weighted by atomic mass is 19.4. The molecule has 3 amide bonds. The zero-order valence-corrected chi connectivity index (χ0v) is 24.2. The lowest BCUT2D eigenvalue weighted by atomic mass is 9.92. The second kappa shape index (κ2) is 12.1. The Labute approximate surface area is 243 Å². The Hall–Kier alpha value is -4.60. The maximum atomic E-state index is 13.6. The molecule has 4 aromatic rings. The van der Waals surface area contributed by atoms with Crippen LogP contribution in [0.3, 0.4) is 0 Å². The highest BCUT2D eigenvalue weighted by Gasteiger charge is 2.34. The van der Waals surface area contributed by atoms with E-state index in [9.17, 15) is 22.8 Å². The number of carbonyl (C=O) groups excluding carboxylic acids is 2. The molecule has 42 heavy (non-hydrogen) atoms. The van der Waals surface area contributed by atoms with Gasteiger partial charge in [0.05, 0.1) is 22.6 Å². The SMILES string of the molecule is Cc1ccc(-n2nc(C(C)(C)C)cc2NC(=O)CN(Cc2ccccc2)C(=O)Nc2ccccc2C(F)(F)F)c(C)c1. The number of alkyl halides is 3. The van der Waals surface area contributed by atoms with E-state index in [0.29, 0.717) is 11.4 Å². The van der Waals surface area contributed by atoms with E-state index in [1.165, 1.54) is 23.1 Å². The van der Waals surface area contributed by atoms with E-state index < -0.39 is 35.9 Å². The first kappa shape index (κ1) is 30.4. The molecule has 10 heteroatoms. The van der Waals surface area contributed by atoms with Gasteiger partial charge in [0.25, 0.3) is 0 Å². The Kier molecular flexibility index (Phi) is 8.75. The number of halogens is 3. The second-order valence-corrected chi connectivity index (χ2v) is 11.2. The summed E-state index contributed by atoms with van der Waals surface area (Å²) in [6, 6.07) is 20.5. The first-order valence-corrected chi connectivity index (χ1v) is 13.5. The smallest absolute Gasteiger partial charge is 0.311 e. The summed E-state index contributed by atoms with van der Waals surface area (Å²) in [5, 5.41) is 9.99. The number of hydrogen-bond acceptors (Lipinski definition) is 3. The summed E-state index contributed by atoms with van der Waals surface area (Å²) < 4.78 is 42.4. The van der Waals surface area contributed by atoms with Crippen LogP contribution in [0.15, 0.2) is 78.9 Å². The molecule has 0 spiro atoms. The fourth-order valence-corrected chi connectivity index (χ4v) is 4.46. The van der Waals surface area contributed by atoms with E-state index in [-0.39, 0.29) is 12.0 Å². The van der Waals surface area contributed by atoms with Crippen LogP contribution in [-0.2, 0) is 22.9 Å². The number of carbonyl (C=O) groups is 2. The second-order valence-electron chi connectivity index (χ2n) is 11.2. The molecule has 0 fully saturated rings. The molecule has 1 aromatic heterocycles. The topological polar surface area (TPSA) is 79.3 Å². The monoisotopic (exact) mass is 577 g/mol. The van der Waals surface area contributed by atoms with Crippen LogP contribution in [0.25, 0.3) is 5.69 Å². The minimum absolute atomic E-state index is 0.00213. The number of hydrogen-bond donors (Lipinski definition) is 2. The molecule has 0 aliphatic rings. The van der Waals surface area contributed by atoms with Crippen LogP contribution in [0.1, 0.15) is 48.7 Å². The van der Waals surface area contributed by atoms with Gasteiger partial charge in [-0.15, -0.1) is 0 Å². The van der Waals surface area contributed by atoms with Gasteiger partial charge >= 0.3 is 12.2 Å². The zero-order valence-electron chi connectivity index (χ0n) is 24.2. The van der Waals surface area contributed by atoms with Crippen molar-refractivity contribution in [2.45, 2.75) is 52.8 Å². The third-order valence-electron chi connectivity index (χ3n) is 6.64. The number of aromatic nitrogens is 2. The van der Waals surface area contributed by atoms with Crippen molar-refractivity contribution in [3.8, 4) is 5.69 Å². The molecule has 3 aromatic carbocycles. The molecule has 0 radical (unpaired) electrons. The predicted octanol–water partition coefficient (Wildman–Crippen LogP) is 7.48. The highest BCUT2D eigenvalue weighted by Crippen LogP contribution is 2.35. The van der Waals surface area contributed by atoms with Crippen LogP contribution in [0.2, 0.25) is 0 Å². The van der Waals surface area contributed by atoms with Gasteiger partial charge < -0.3 is 15.5 Å². The molecule has 4 rings (SSSR count). The third-order valence-corrected chi connectivity index (χ3v) is 6.64. The van der Waals surface area contributed by atoms with Crippen molar-refractivity contribution in [1.82, 2.24) is 14.7 Å². The van der Waals surface area contributed by atoms with Crippen molar-refractivity contribution >= 4 is 23.4 Å². The maximum absolute atomic E-state index is 13.6. The van der Waals surface area contributed by atoms with Gasteiger partial charge in [0, 0.05) is 18.0 Å². The minimum Gasteiger partial charge on any atom is -0.311 e. The van der Waals surface area contributed by atoms with Crippen LogP contribution in [0.5, 0.6) is 0 Å². The lowest BCUT2D eigenvalue weighted by molar-refractivity contribution is -0.137. The quantitative estimate of drug-likeness (QED) is 0.239. The van der Waals surface area contributed by atoms with Crippen molar-refractivity contribution in [2.24, 2.45) is 0 Å². The van der Waals surface area contributed by atoms with Gasteiger partial charge in [0.1, 0.15) is 12.4 Å². The Balaban J connectivity index is 1.63. The first-order chi connectivity index (χ1) is 19.7. The standard InChI is InChI=1S/C32H34F3N5O2/c1-21-15-16-26(22(2)17-21)40-28(18-27(38-40)31(3,4)5)37-29(41)20-39(19-23-11-7-6-8-12-23)30(42)36-25-14-10-9-13-24(25)32(33,34)35/h6-18H,19-20H2,1-5H3,(H,36,42)(H,37,41). The number of anilines is 2. The molecular formula is C32H34F3N5O2. The molecule has 220 valence electrons. The number of amides is 3. The van der Waals surface area contributed by atoms with E-state index >= 15 is 0 Å². The van der Waals surface area contributed by atoms with Gasteiger partial charge in [-0.25, -0.2) is 9.48 Å². The zero-order chi connectivity index (χ0) is 30.7. The molecule has 7 nitrogen and oxygen atoms in total. The summed E-state index contributed by atoms with van der Waals surface area (Å²) in [6.45, 7) is 9.56. The maximum Gasteiger partial charge on any atom is 0.418 e. The van der Waals surface area contributed by atoms with Crippen LogP contribution in [0, 0.1) is 13.8 Å². The minimum atomic E-state index is -4.66. The van der Waals surface area contributed by atoms with Gasteiger partial charge in [-0.2, -0.15) is 18.3 Å². The number of urea groups is 1. The fraction of sp³-hybridized carbons (Fsp3) is 0.281. The number of para-hydroxylation sites is 1. The molecule has 0 unspecified atom stereocenters. The highest BCUT2D eigenvalue weighted by molar-refractivity contribution is 5.97. The lowest BCUT2D eigenvalue weighted by Gasteiger charge is -2.24. The number of aryl methyl sites for hydroxylation is 2. The summed E-state index contributed by atoms with van der Waals surface area (Å²) >= 11 is 0. The van der Waals surface area contributed by atoms with Gasteiger partial charge in [0.15, 0.2) is 0 Å². The van der Waals surface area contributed by atoms with Crippen LogP contribution in [-0.4, -0.2) is 33.2 Å². The summed E-state index contributed by atoms with van der Waals surface area (Å²) in [6.07, 6.45) is -4.66. The van der Waals surface area contributed by atoms with Gasteiger partial charge in [-0.1, -0.05) is 80.9 Å². The van der Waals surface area contributed by atoms with Crippen LogP contribution < -0.4 is 10.6 Å². The molecule has 0 atom stereocenters. The van der Waals surface area contributed by atoms with Gasteiger partial charge in [-0.3, -0.25) is 4.79 Å². The van der Waals surface area contributed by atoms with E-state index in [2.05, 4.69) is 10.6 Å². The normalized spacial score (nSPS) is 11.7. The van der Waals surface area contributed by atoms with Crippen LogP contribution in [0.4, 0.5) is 29.5 Å². The summed E-state index contributed by atoms with van der Waals surface area (Å²) in [5.74, 6) is -0.115. The molecule has 0 aliphatic carbocycles. The average Bonchev–Trinajstić information content (AvgIpc) is 3.32. The van der Waals surface area contributed by atoms with Crippen molar-refractivity contribution in [3.05, 3.63) is 107 Å². The average molecular weight is 578 g/mol. The first-order valence-electron chi connectivity index (χ1n) is 13.5. The molecule has 0 bridgehead atoms. The van der Waals surface area contributed by atoms with Crippen molar-refractivity contribution in [2.75, 3.05) is 17.2 Å². The van der Waals surface area contributed by atoms with Crippen molar-refractivity contribution < 1.29 is 22.8 Å². The Morgan fingerprint density at radius 3 is 2.19 bits per heavy atom. The van der Waals surface area contributed by atoms with E-state index in [4.69, 9.17) is 5.10 Å². The van der Waals surface area contributed by atoms with E-state index in [1.807, 2.05) is 52.8 Å². The number of nitrogens with one attached hydrogen (secondary N) is 2. The van der Waals surface area contributed by atoms with E-state index in [0.717, 1.165) is 28.6 Å². The Morgan fingerprint density at radius 2 is 1.55 bits per heavy atom. The Morgan fingerprint density at radius 1 is 0.881 bits per heavy atom. The molecule has 0 aliphatic heterocycles. The number of nitrogens with zero attached hydrogens (tertiary/aromatic N) is 3. The molecule has 2 N–H and O–H groups in total.